The van der Waals surface area contributed by atoms with E-state index in [0.29, 0.717) is 13.0 Å². The van der Waals surface area contributed by atoms with Gasteiger partial charge in [0.15, 0.2) is 0 Å². The summed E-state index contributed by atoms with van der Waals surface area (Å²) in [6.45, 7) is 0.370. The summed E-state index contributed by atoms with van der Waals surface area (Å²) in [5.74, 6) is -0.257. The number of amides is 1. The van der Waals surface area contributed by atoms with Crippen molar-refractivity contribution in [2.45, 2.75) is 30.2 Å². The van der Waals surface area contributed by atoms with Gasteiger partial charge in [-0.25, -0.2) is 8.42 Å². The number of aromatic nitrogens is 1. The van der Waals surface area contributed by atoms with Crippen LogP contribution in [0.4, 0.5) is 0 Å². The van der Waals surface area contributed by atoms with Gasteiger partial charge in [0, 0.05) is 26.0 Å². The number of nitrogens with zero attached hydrogens (tertiary/aromatic N) is 2. The van der Waals surface area contributed by atoms with Gasteiger partial charge in [0.25, 0.3) is 0 Å². The van der Waals surface area contributed by atoms with E-state index >= 15 is 0 Å². The van der Waals surface area contributed by atoms with E-state index in [0.717, 1.165) is 12.8 Å². The zero-order chi connectivity index (χ0) is 13.9. The lowest BCUT2D eigenvalue weighted by Crippen LogP contribution is -2.51. The van der Waals surface area contributed by atoms with E-state index in [9.17, 15) is 13.2 Å². The molecule has 1 atom stereocenters. The third kappa shape index (κ3) is 2.76. The lowest BCUT2D eigenvalue weighted by molar-refractivity contribution is -0.125. The van der Waals surface area contributed by atoms with Crippen molar-refractivity contribution < 1.29 is 13.2 Å². The van der Waals surface area contributed by atoms with Gasteiger partial charge in [-0.15, -0.1) is 0 Å². The average Bonchev–Trinajstić information content (AvgIpc) is 2.47. The van der Waals surface area contributed by atoms with Crippen LogP contribution in [-0.2, 0) is 14.8 Å². The maximum atomic E-state index is 12.5. The SMILES string of the molecule is CNC(=O)C1CCCCN1S(=O)(=O)c1cccnc1. The number of likely N-dealkylation sites (N-methyl/N-ethyl adjacent to an activating group) is 1. The van der Waals surface area contributed by atoms with Crippen LogP contribution < -0.4 is 5.32 Å². The highest BCUT2D eigenvalue weighted by molar-refractivity contribution is 7.89. The fraction of sp³-hybridized carbons (Fsp3) is 0.500. The molecular weight excluding hydrogens is 266 g/mol. The summed E-state index contributed by atoms with van der Waals surface area (Å²) in [6.07, 6.45) is 5.01. The van der Waals surface area contributed by atoms with Crippen LogP contribution in [0.5, 0.6) is 0 Å². The fourth-order valence-corrected chi connectivity index (χ4v) is 3.88. The Morgan fingerprint density at radius 2 is 2.26 bits per heavy atom. The van der Waals surface area contributed by atoms with Gasteiger partial charge in [-0.2, -0.15) is 4.31 Å². The first-order valence-corrected chi connectivity index (χ1v) is 7.65. The number of carbonyl (C=O) groups is 1. The first kappa shape index (κ1) is 14.0. The molecule has 2 rings (SSSR count). The molecule has 1 aliphatic rings. The molecule has 1 unspecified atom stereocenters. The quantitative estimate of drug-likeness (QED) is 0.869. The zero-order valence-corrected chi connectivity index (χ0v) is 11.6. The van der Waals surface area contributed by atoms with Crippen LogP contribution in [0.1, 0.15) is 19.3 Å². The minimum Gasteiger partial charge on any atom is -0.358 e. The predicted molar refractivity (Wildman–Crippen MR) is 69.8 cm³/mol. The Labute approximate surface area is 112 Å². The Kier molecular flexibility index (Phi) is 4.16. The van der Waals surface area contributed by atoms with Crippen LogP contribution in [0.15, 0.2) is 29.4 Å². The third-order valence-electron chi connectivity index (χ3n) is 3.24. The van der Waals surface area contributed by atoms with Crippen molar-refractivity contribution in [1.82, 2.24) is 14.6 Å². The molecule has 0 radical (unpaired) electrons. The van der Waals surface area contributed by atoms with Crippen LogP contribution >= 0.6 is 0 Å². The van der Waals surface area contributed by atoms with Crippen molar-refractivity contribution in [2.75, 3.05) is 13.6 Å². The topological polar surface area (TPSA) is 79.4 Å². The van der Waals surface area contributed by atoms with Crippen LogP contribution in [-0.4, -0.2) is 43.2 Å². The Balaban J connectivity index is 2.35. The molecule has 1 aromatic heterocycles. The number of piperidine rings is 1. The molecule has 1 amide bonds. The summed E-state index contributed by atoms with van der Waals surface area (Å²) < 4.78 is 26.3. The van der Waals surface area contributed by atoms with Gasteiger partial charge >= 0.3 is 0 Å². The number of hydrogen-bond acceptors (Lipinski definition) is 4. The molecular formula is C12H17N3O3S. The largest absolute Gasteiger partial charge is 0.358 e. The monoisotopic (exact) mass is 283 g/mol. The summed E-state index contributed by atoms with van der Waals surface area (Å²) in [7, 11) is -2.14. The highest BCUT2D eigenvalue weighted by Gasteiger charge is 2.37. The fourth-order valence-electron chi connectivity index (χ4n) is 2.26. The summed E-state index contributed by atoms with van der Waals surface area (Å²) in [5.41, 5.74) is 0. The maximum absolute atomic E-state index is 12.5. The van der Waals surface area contributed by atoms with E-state index in [1.807, 2.05) is 0 Å². The first-order valence-electron chi connectivity index (χ1n) is 6.21. The van der Waals surface area contributed by atoms with Gasteiger partial charge in [-0.1, -0.05) is 6.42 Å². The lowest BCUT2D eigenvalue weighted by Gasteiger charge is -2.33. The summed E-state index contributed by atoms with van der Waals surface area (Å²) in [4.78, 5) is 15.8. The molecule has 19 heavy (non-hydrogen) atoms. The summed E-state index contributed by atoms with van der Waals surface area (Å²) in [5, 5.41) is 2.53. The standard InChI is InChI=1S/C12H17N3O3S/c1-13-12(16)11-6-2-3-8-15(11)19(17,18)10-5-4-7-14-9-10/h4-5,7,9,11H,2-3,6,8H2,1H3,(H,13,16). The average molecular weight is 283 g/mol. The summed E-state index contributed by atoms with van der Waals surface area (Å²) >= 11 is 0. The van der Waals surface area contributed by atoms with E-state index in [1.165, 1.54) is 29.8 Å². The predicted octanol–water partition coefficient (Wildman–Crippen LogP) is 0.371. The number of sulfonamides is 1. The molecule has 0 saturated carbocycles. The molecule has 0 aliphatic carbocycles. The molecule has 0 aromatic carbocycles. The Morgan fingerprint density at radius 1 is 1.47 bits per heavy atom. The second-order valence-corrected chi connectivity index (χ2v) is 6.32. The third-order valence-corrected chi connectivity index (χ3v) is 5.14. The van der Waals surface area contributed by atoms with E-state index in [1.54, 1.807) is 6.07 Å². The zero-order valence-electron chi connectivity index (χ0n) is 10.7. The van der Waals surface area contributed by atoms with Crippen LogP contribution in [0, 0.1) is 0 Å². The number of pyridine rings is 1. The molecule has 0 bridgehead atoms. The molecule has 2 heterocycles. The van der Waals surface area contributed by atoms with Gasteiger partial charge in [0.2, 0.25) is 15.9 Å². The minimum atomic E-state index is -3.66. The van der Waals surface area contributed by atoms with Crippen molar-refractivity contribution in [3.63, 3.8) is 0 Å². The molecule has 0 spiro atoms. The van der Waals surface area contributed by atoms with Gasteiger partial charge < -0.3 is 5.32 Å². The smallest absolute Gasteiger partial charge is 0.245 e. The van der Waals surface area contributed by atoms with Crippen molar-refractivity contribution in [1.29, 1.82) is 0 Å². The summed E-state index contributed by atoms with van der Waals surface area (Å²) in [6, 6.07) is 2.45. The number of rotatable bonds is 3. The molecule has 1 aliphatic heterocycles. The molecule has 7 heteroatoms. The van der Waals surface area contributed by atoms with Crippen molar-refractivity contribution in [3.8, 4) is 0 Å². The van der Waals surface area contributed by atoms with Gasteiger partial charge in [0.05, 0.1) is 0 Å². The Bertz CT molecular complexity index is 545. The second-order valence-electron chi connectivity index (χ2n) is 4.43. The highest BCUT2D eigenvalue weighted by atomic mass is 32.2. The van der Waals surface area contributed by atoms with Crippen LogP contribution in [0.3, 0.4) is 0 Å². The van der Waals surface area contributed by atoms with E-state index in [-0.39, 0.29) is 10.8 Å². The first-order chi connectivity index (χ1) is 9.07. The molecule has 1 fully saturated rings. The second kappa shape index (κ2) is 5.66. The van der Waals surface area contributed by atoms with Crippen LogP contribution in [0.25, 0.3) is 0 Å². The molecule has 1 aromatic rings. The highest BCUT2D eigenvalue weighted by Crippen LogP contribution is 2.24. The normalized spacial score (nSPS) is 21.0. The van der Waals surface area contributed by atoms with Crippen molar-refractivity contribution in [3.05, 3.63) is 24.5 Å². The van der Waals surface area contributed by atoms with Gasteiger partial charge in [0.1, 0.15) is 10.9 Å². The number of nitrogens with one attached hydrogen (secondary N) is 1. The van der Waals surface area contributed by atoms with Crippen LogP contribution in [0.2, 0.25) is 0 Å². The number of hydrogen-bond donors (Lipinski definition) is 1. The molecule has 1 N–H and O–H groups in total. The Morgan fingerprint density at radius 3 is 2.89 bits per heavy atom. The van der Waals surface area contributed by atoms with Crippen molar-refractivity contribution in [2.24, 2.45) is 0 Å². The lowest BCUT2D eigenvalue weighted by atomic mass is 10.0. The van der Waals surface area contributed by atoms with E-state index in [2.05, 4.69) is 10.3 Å². The van der Waals surface area contributed by atoms with E-state index < -0.39 is 16.1 Å². The van der Waals surface area contributed by atoms with Crippen molar-refractivity contribution >= 4 is 15.9 Å². The molecule has 6 nitrogen and oxygen atoms in total. The molecule has 104 valence electrons. The minimum absolute atomic E-state index is 0.130. The van der Waals surface area contributed by atoms with E-state index in [4.69, 9.17) is 0 Å². The van der Waals surface area contributed by atoms with Gasteiger partial charge in [-0.3, -0.25) is 9.78 Å². The maximum Gasteiger partial charge on any atom is 0.245 e. The van der Waals surface area contributed by atoms with Gasteiger partial charge in [-0.05, 0) is 25.0 Å². The molecule has 1 saturated heterocycles. The Hall–Kier alpha value is -1.47. The number of carbonyl (C=O) groups excluding carboxylic acids is 1.